The molecular formula is C16H21N3O2. The molecule has 1 atom stereocenters. The van der Waals surface area contributed by atoms with Crippen LogP contribution in [-0.4, -0.2) is 30.3 Å². The van der Waals surface area contributed by atoms with E-state index in [1.54, 1.807) is 14.2 Å². The molecule has 0 saturated heterocycles. The molecule has 2 heterocycles. The standard InChI is InChI=1S/C16H21N3O2/c1-19-7-6-18-16(19)10-13-12-9-15(21-3)14(20-2)8-11(12)4-5-17-13/h6-9,13,17H,4-5,10H2,1-3H3. The highest BCUT2D eigenvalue weighted by Gasteiger charge is 2.23. The van der Waals surface area contributed by atoms with Gasteiger partial charge in [0.05, 0.1) is 14.2 Å². The number of methoxy groups -OCH3 is 2. The van der Waals surface area contributed by atoms with E-state index in [9.17, 15) is 0 Å². The van der Waals surface area contributed by atoms with E-state index in [4.69, 9.17) is 9.47 Å². The summed E-state index contributed by atoms with van der Waals surface area (Å²) in [6, 6.07) is 4.45. The molecule has 0 bridgehead atoms. The van der Waals surface area contributed by atoms with Gasteiger partial charge < -0.3 is 19.4 Å². The molecule has 0 amide bonds. The first-order valence-electron chi connectivity index (χ1n) is 7.17. The van der Waals surface area contributed by atoms with Gasteiger partial charge in [-0.15, -0.1) is 0 Å². The number of fused-ring (bicyclic) bond motifs is 1. The molecule has 0 radical (unpaired) electrons. The Bertz CT molecular complexity index is 636. The van der Waals surface area contributed by atoms with Crippen LogP contribution in [0.1, 0.15) is 23.0 Å². The monoisotopic (exact) mass is 287 g/mol. The van der Waals surface area contributed by atoms with Crippen molar-refractivity contribution >= 4 is 0 Å². The van der Waals surface area contributed by atoms with Crippen molar-refractivity contribution in [2.24, 2.45) is 7.05 Å². The number of aromatic nitrogens is 2. The van der Waals surface area contributed by atoms with Gasteiger partial charge in [-0.1, -0.05) is 0 Å². The number of ether oxygens (including phenoxy) is 2. The smallest absolute Gasteiger partial charge is 0.161 e. The second-order valence-corrected chi connectivity index (χ2v) is 5.32. The van der Waals surface area contributed by atoms with Gasteiger partial charge in [0.2, 0.25) is 0 Å². The Hall–Kier alpha value is -2.01. The summed E-state index contributed by atoms with van der Waals surface area (Å²) in [7, 11) is 5.38. The van der Waals surface area contributed by atoms with E-state index in [-0.39, 0.29) is 6.04 Å². The molecule has 112 valence electrons. The molecule has 0 spiro atoms. The fourth-order valence-electron chi connectivity index (χ4n) is 2.93. The molecule has 1 aliphatic rings. The number of hydrogen-bond donors (Lipinski definition) is 1. The van der Waals surface area contributed by atoms with E-state index < -0.39 is 0 Å². The van der Waals surface area contributed by atoms with Crippen molar-refractivity contribution in [2.75, 3.05) is 20.8 Å². The maximum absolute atomic E-state index is 5.44. The molecule has 0 saturated carbocycles. The maximum atomic E-state index is 5.44. The Morgan fingerprint density at radius 1 is 1.29 bits per heavy atom. The molecule has 2 aromatic rings. The summed E-state index contributed by atoms with van der Waals surface area (Å²) in [5.41, 5.74) is 2.60. The molecule has 3 rings (SSSR count). The van der Waals surface area contributed by atoms with Crippen molar-refractivity contribution in [3.8, 4) is 11.5 Å². The number of nitrogens with zero attached hydrogens (tertiary/aromatic N) is 2. The first-order chi connectivity index (χ1) is 10.2. The van der Waals surface area contributed by atoms with E-state index in [1.165, 1.54) is 11.1 Å². The summed E-state index contributed by atoms with van der Waals surface area (Å²) in [5, 5.41) is 3.58. The quantitative estimate of drug-likeness (QED) is 0.932. The van der Waals surface area contributed by atoms with Gasteiger partial charge in [0.25, 0.3) is 0 Å². The van der Waals surface area contributed by atoms with E-state index in [0.29, 0.717) is 0 Å². The lowest BCUT2D eigenvalue weighted by atomic mass is 9.91. The minimum absolute atomic E-state index is 0.259. The molecule has 1 aliphatic heterocycles. The molecule has 0 fully saturated rings. The summed E-state index contributed by atoms with van der Waals surface area (Å²) in [4.78, 5) is 4.43. The molecule has 1 N–H and O–H groups in total. The highest BCUT2D eigenvalue weighted by atomic mass is 16.5. The minimum Gasteiger partial charge on any atom is -0.493 e. The van der Waals surface area contributed by atoms with Gasteiger partial charge in [-0.25, -0.2) is 4.98 Å². The van der Waals surface area contributed by atoms with Crippen LogP contribution in [0.15, 0.2) is 24.5 Å². The number of aryl methyl sites for hydroxylation is 1. The Morgan fingerprint density at radius 2 is 2.05 bits per heavy atom. The van der Waals surface area contributed by atoms with Crippen LogP contribution < -0.4 is 14.8 Å². The molecule has 5 nitrogen and oxygen atoms in total. The van der Waals surface area contributed by atoms with Crippen LogP contribution >= 0.6 is 0 Å². The number of imidazole rings is 1. The summed E-state index contributed by atoms with van der Waals surface area (Å²) < 4.78 is 12.9. The van der Waals surface area contributed by atoms with Crippen molar-refractivity contribution < 1.29 is 9.47 Å². The second-order valence-electron chi connectivity index (χ2n) is 5.32. The predicted octanol–water partition coefficient (Wildman–Crippen LogP) is 1.87. The van der Waals surface area contributed by atoms with Crippen molar-refractivity contribution in [2.45, 2.75) is 18.9 Å². The largest absolute Gasteiger partial charge is 0.493 e. The summed E-state index contributed by atoms with van der Waals surface area (Å²) in [5.74, 6) is 2.66. The molecule has 1 aromatic heterocycles. The number of hydrogen-bond acceptors (Lipinski definition) is 4. The first-order valence-corrected chi connectivity index (χ1v) is 7.17. The Labute approximate surface area is 124 Å². The zero-order valence-corrected chi connectivity index (χ0v) is 12.7. The highest BCUT2D eigenvalue weighted by Crippen LogP contribution is 2.35. The number of rotatable bonds is 4. The van der Waals surface area contributed by atoms with Gasteiger partial charge in [-0.3, -0.25) is 0 Å². The summed E-state index contributed by atoms with van der Waals surface area (Å²) >= 11 is 0. The Kier molecular flexibility index (Phi) is 3.84. The molecule has 5 heteroatoms. The molecule has 1 unspecified atom stereocenters. The van der Waals surface area contributed by atoms with Crippen molar-refractivity contribution in [3.63, 3.8) is 0 Å². The lowest BCUT2D eigenvalue weighted by Crippen LogP contribution is -2.32. The topological polar surface area (TPSA) is 48.3 Å². The van der Waals surface area contributed by atoms with Crippen molar-refractivity contribution in [1.29, 1.82) is 0 Å². The highest BCUT2D eigenvalue weighted by molar-refractivity contribution is 5.49. The lowest BCUT2D eigenvalue weighted by molar-refractivity contribution is 0.352. The zero-order chi connectivity index (χ0) is 14.8. The molecule has 0 aliphatic carbocycles. The van der Waals surface area contributed by atoms with Gasteiger partial charge in [-0.2, -0.15) is 0 Å². The van der Waals surface area contributed by atoms with Gasteiger partial charge >= 0.3 is 0 Å². The van der Waals surface area contributed by atoms with Gasteiger partial charge in [0, 0.05) is 31.9 Å². The van der Waals surface area contributed by atoms with E-state index in [0.717, 1.165) is 36.7 Å². The zero-order valence-electron chi connectivity index (χ0n) is 12.7. The molecule has 1 aromatic carbocycles. The van der Waals surface area contributed by atoms with Crippen LogP contribution in [0.25, 0.3) is 0 Å². The SMILES string of the molecule is COc1cc2c(cc1OC)C(Cc1nccn1C)NCC2. The fraction of sp³-hybridized carbons (Fsp3) is 0.438. The number of nitrogens with one attached hydrogen (secondary N) is 1. The average Bonchev–Trinajstić information content (AvgIpc) is 2.91. The third kappa shape index (κ3) is 2.61. The molecule has 21 heavy (non-hydrogen) atoms. The van der Waals surface area contributed by atoms with Crippen LogP contribution in [0.4, 0.5) is 0 Å². The van der Waals surface area contributed by atoms with Crippen LogP contribution in [-0.2, 0) is 19.9 Å². The predicted molar refractivity (Wildman–Crippen MR) is 80.9 cm³/mol. The van der Waals surface area contributed by atoms with Crippen LogP contribution in [0.5, 0.6) is 11.5 Å². The Balaban J connectivity index is 1.95. The van der Waals surface area contributed by atoms with Crippen LogP contribution in [0.3, 0.4) is 0 Å². The summed E-state index contributed by atoms with van der Waals surface area (Å²) in [6.45, 7) is 0.970. The molecular weight excluding hydrogens is 266 g/mol. The van der Waals surface area contributed by atoms with E-state index >= 15 is 0 Å². The Morgan fingerprint density at radius 3 is 2.71 bits per heavy atom. The van der Waals surface area contributed by atoms with E-state index in [1.807, 2.05) is 19.4 Å². The maximum Gasteiger partial charge on any atom is 0.161 e. The van der Waals surface area contributed by atoms with Gasteiger partial charge in [0.1, 0.15) is 5.82 Å². The van der Waals surface area contributed by atoms with Crippen molar-refractivity contribution in [1.82, 2.24) is 14.9 Å². The second kappa shape index (κ2) is 5.77. The average molecular weight is 287 g/mol. The summed E-state index contributed by atoms with van der Waals surface area (Å²) in [6.07, 6.45) is 5.69. The third-order valence-electron chi connectivity index (χ3n) is 4.11. The third-order valence-corrected chi connectivity index (χ3v) is 4.11. The van der Waals surface area contributed by atoms with Crippen molar-refractivity contribution in [3.05, 3.63) is 41.5 Å². The number of benzene rings is 1. The normalized spacial score (nSPS) is 17.4. The minimum atomic E-state index is 0.259. The van der Waals surface area contributed by atoms with Crippen LogP contribution in [0, 0.1) is 0 Å². The van der Waals surface area contributed by atoms with Gasteiger partial charge in [0.15, 0.2) is 11.5 Å². The van der Waals surface area contributed by atoms with Crippen LogP contribution in [0.2, 0.25) is 0 Å². The first kappa shape index (κ1) is 13.9. The fourth-order valence-corrected chi connectivity index (χ4v) is 2.93. The lowest BCUT2D eigenvalue weighted by Gasteiger charge is -2.28. The van der Waals surface area contributed by atoms with E-state index in [2.05, 4.69) is 27.0 Å². The van der Waals surface area contributed by atoms with Gasteiger partial charge in [-0.05, 0) is 36.2 Å².